The van der Waals surface area contributed by atoms with Crippen molar-refractivity contribution in [1.82, 2.24) is 9.88 Å². The van der Waals surface area contributed by atoms with E-state index in [4.69, 9.17) is 4.98 Å². The van der Waals surface area contributed by atoms with E-state index in [0.29, 0.717) is 37.6 Å². The molecule has 2 aromatic carbocycles. The van der Waals surface area contributed by atoms with Crippen molar-refractivity contribution in [3.8, 4) is 6.07 Å². The number of hydrogen-bond acceptors (Lipinski definition) is 4. The topological polar surface area (TPSA) is 60.2 Å². The Morgan fingerprint density at radius 2 is 1.75 bits per heavy atom. The third kappa shape index (κ3) is 3.29. The fourth-order valence-corrected chi connectivity index (χ4v) is 3.61. The number of piperazine rings is 1. The van der Waals surface area contributed by atoms with Gasteiger partial charge < -0.3 is 9.80 Å². The van der Waals surface area contributed by atoms with Crippen LogP contribution in [0.3, 0.4) is 0 Å². The van der Waals surface area contributed by atoms with Crippen LogP contribution in [-0.4, -0.2) is 42.0 Å². The minimum absolute atomic E-state index is 0.0646. The van der Waals surface area contributed by atoms with Crippen LogP contribution in [0.25, 0.3) is 10.9 Å². The summed E-state index contributed by atoms with van der Waals surface area (Å²) in [4.78, 5) is 21.6. The van der Waals surface area contributed by atoms with E-state index >= 15 is 0 Å². The Balaban J connectivity index is 1.52. The number of hydrogen-bond donors (Lipinski definition) is 0. The number of aryl methyl sites for hydroxylation is 2. The van der Waals surface area contributed by atoms with Crippen LogP contribution in [0, 0.1) is 25.2 Å². The molecule has 1 saturated heterocycles. The van der Waals surface area contributed by atoms with Crippen molar-refractivity contribution in [3.05, 3.63) is 70.8 Å². The van der Waals surface area contributed by atoms with Crippen molar-refractivity contribution in [2.45, 2.75) is 13.8 Å². The van der Waals surface area contributed by atoms with Gasteiger partial charge in [-0.05, 0) is 49.2 Å². The van der Waals surface area contributed by atoms with E-state index < -0.39 is 0 Å². The first kappa shape index (κ1) is 18.0. The zero-order valence-electron chi connectivity index (χ0n) is 16.1. The molecule has 0 spiro atoms. The van der Waals surface area contributed by atoms with Crippen molar-refractivity contribution in [1.29, 1.82) is 5.26 Å². The maximum absolute atomic E-state index is 12.8. The molecule has 4 rings (SSSR count). The fraction of sp³-hybridized carbons (Fsp3) is 0.261. The number of rotatable bonds is 2. The second-order valence-corrected chi connectivity index (χ2v) is 7.24. The standard InChI is InChI=1S/C23H22N4O/c1-16-7-8-19(13-17(16)2)23(28)27-11-9-26(10-12-27)22-20(15-24)14-18-5-3-4-6-21(18)25-22/h3-8,13-14H,9-12H2,1-2H3. The molecule has 0 aliphatic carbocycles. The average molecular weight is 370 g/mol. The molecule has 3 aromatic rings. The summed E-state index contributed by atoms with van der Waals surface area (Å²) in [6.07, 6.45) is 0. The first-order valence-corrected chi connectivity index (χ1v) is 9.48. The van der Waals surface area contributed by atoms with Crippen LogP contribution < -0.4 is 4.90 Å². The molecule has 0 unspecified atom stereocenters. The van der Waals surface area contributed by atoms with Gasteiger partial charge in [0.2, 0.25) is 0 Å². The molecule has 0 atom stereocenters. The first-order chi connectivity index (χ1) is 13.6. The van der Waals surface area contributed by atoms with Gasteiger partial charge in [-0.3, -0.25) is 4.79 Å². The van der Waals surface area contributed by atoms with E-state index in [0.717, 1.165) is 22.0 Å². The quantitative estimate of drug-likeness (QED) is 0.690. The summed E-state index contributed by atoms with van der Waals surface area (Å²) >= 11 is 0. The van der Waals surface area contributed by atoms with Gasteiger partial charge in [0.05, 0.1) is 11.1 Å². The van der Waals surface area contributed by atoms with Gasteiger partial charge in [-0.2, -0.15) is 5.26 Å². The molecular formula is C23H22N4O. The van der Waals surface area contributed by atoms with Crippen molar-refractivity contribution >= 4 is 22.6 Å². The average Bonchev–Trinajstić information content (AvgIpc) is 2.74. The molecule has 0 N–H and O–H groups in total. The Morgan fingerprint density at radius 3 is 2.46 bits per heavy atom. The highest BCUT2D eigenvalue weighted by atomic mass is 16.2. The van der Waals surface area contributed by atoms with Gasteiger partial charge in [-0.1, -0.05) is 24.3 Å². The molecule has 1 aliphatic heterocycles. The van der Waals surface area contributed by atoms with Gasteiger partial charge in [0.1, 0.15) is 11.9 Å². The fourth-order valence-electron chi connectivity index (χ4n) is 3.61. The lowest BCUT2D eigenvalue weighted by Crippen LogP contribution is -2.49. The van der Waals surface area contributed by atoms with Crippen molar-refractivity contribution < 1.29 is 4.79 Å². The molecule has 0 bridgehead atoms. The number of anilines is 1. The minimum atomic E-state index is 0.0646. The number of aromatic nitrogens is 1. The zero-order chi connectivity index (χ0) is 19.7. The number of fused-ring (bicyclic) bond motifs is 1. The maximum Gasteiger partial charge on any atom is 0.253 e. The molecule has 28 heavy (non-hydrogen) atoms. The number of benzene rings is 2. The molecule has 1 aliphatic rings. The number of amides is 1. The van der Waals surface area contributed by atoms with Crippen LogP contribution in [0.15, 0.2) is 48.5 Å². The summed E-state index contributed by atoms with van der Waals surface area (Å²) in [5.41, 5.74) is 4.51. The van der Waals surface area contributed by atoms with E-state index in [1.54, 1.807) is 0 Å². The summed E-state index contributed by atoms with van der Waals surface area (Å²) < 4.78 is 0. The monoisotopic (exact) mass is 370 g/mol. The molecule has 1 amide bonds. The summed E-state index contributed by atoms with van der Waals surface area (Å²) in [6, 6.07) is 17.8. The van der Waals surface area contributed by atoms with Crippen LogP contribution >= 0.6 is 0 Å². The Morgan fingerprint density at radius 1 is 1.00 bits per heavy atom. The summed E-state index contributed by atoms with van der Waals surface area (Å²) in [7, 11) is 0. The molecule has 0 saturated carbocycles. The molecule has 5 heteroatoms. The van der Waals surface area contributed by atoms with Gasteiger partial charge in [-0.15, -0.1) is 0 Å². The Labute approximate surface area is 164 Å². The molecule has 1 fully saturated rings. The van der Waals surface area contributed by atoms with Crippen LogP contribution in [0.4, 0.5) is 5.82 Å². The smallest absolute Gasteiger partial charge is 0.253 e. The van der Waals surface area contributed by atoms with Crippen molar-refractivity contribution in [3.63, 3.8) is 0 Å². The van der Waals surface area contributed by atoms with Crippen LogP contribution in [0.2, 0.25) is 0 Å². The van der Waals surface area contributed by atoms with Crippen molar-refractivity contribution in [2.24, 2.45) is 0 Å². The third-order valence-electron chi connectivity index (χ3n) is 5.44. The lowest BCUT2D eigenvalue weighted by Gasteiger charge is -2.36. The van der Waals surface area contributed by atoms with Crippen LogP contribution in [0.1, 0.15) is 27.0 Å². The Kier molecular flexibility index (Phi) is 4.70. The molecular weight excluding hydrogens is 348 g/mol. The predicted octanol–water partition coefficient (Wildman–Crippen LogP) is 3.69. The Bertz CT molecular complexity index is 1090. The van der Waals surface area contributed by atoms with Crippen LogP contribution in [-0.2, 0) is 0 Å². The normalized spacial score (nSPS) is 14.2. The van der Waals surface area contributed by atoms with E-state index in [1.807, 2.05) is 67.3 Å². The number of pyridine rings is 1. The van der Waals surface area contributed by atoms with E-state index in [2.05, 4.69) is 11.0 Å². The van der Waals surface area contributed by atoms with E-state index in [9.17, 15) is 10.1 Å². The summed E-state index contributed by atoms with van der Waals surface area (Å²) in [5, 5.41) is 10.5. The maximum atomic E-state index is 12.8. The van der Waals surface area contributed by atoms with Gasteiger partial charge in [0.15, 0.2) is 0 Å². The predicted molar refractivity (Wildman–Crippen MR) is 110 cm³/mol. The Hall–Kier alpha value is -3.39. The second-order valence-electron chi connectivity index (χ2n) is 7.24. The van der Waals surface area contributed by atoms with Gasteiger partial charge >= 0.3 is 0 Å². The third-order valence-corrected chi connectivity index (χ3v) is 5.44. The number of nitriles is 1. The van der Waals surface area contributed by atoms with Gasteiger partial charge in [0, 0.05) is 37.1 Å². The summed E-state index contributed by atoms with van der Waals surface area (Å²) in [6.45, 7) is 6.63. The molecule has 140 valence electrons. The molecule has 5 nitrogen and oxygen atoms in total. The zero-order valence-corrected chi connectivity index (χ0v) is 16.1. The number of carbonyl (C=O) groups is 1. The van der Waals surface area contributed by atoms with Crippen molar-refractivity contribution in [2.75, 3.05) is 31.1 Å². The van der Waals surface area contributed by atoms with Gasteiger partial charge in [-0.25, -0.2) is 4.98 Å². The molecule has 2 heterocycles. The number of para-hydroxylation sites is 1. The number of nitrogens with zero attached hydrogens (tertiary/aromatic N) is 4. The lowest BCUT2D eigenvalue weighted by atomic mass is 10.1. The highest BCUT2D eigenvalue weighted by Crippen LogP contribution is 2.24. The SMILES string of the molecule is Cc1ccc(C(=O)N2CCN(c3nc4ccccc4cc3C#N)CC2)cc1C. The lowest BCUT2D eigenvalue weighted by molar-refractivity contribution is 0.0746. The highest BCUT2D eigenvalue weighted by Gasteiger charge is 2.24. The van der Waals surface area contributed by atoms with Gasteiger partial charge in [0.25, 0.3) is 5.91 Å². The first-order valence-electron chi connectivity index (χ1n) is 9.48. The molecule has 0 radical (unpaired) electrons. The minimum Gasteiger partial charge on any atom is -0.352 e. The molecule has 1 aromatic heterocycles. The highest BCUT2D eigenvalue weighted by molar-refractivity contribution is 5.94. The van der Waals surface area contributed by atoms with E-state index in [1.165, 1.54) is 5.56 Å². The second kappa shape index (κ2) is 7.32. The largest absolute Gasteiger partial charge is 0.352 e. The summed E-state index contributed by atoms with van der Waals surface area (Å²) in [5.74, 6) is 0.772. The van der Waals surface area contributed by atoms with E-state index in [-0.39, 0.29) is 5.91 Å². The van der Waals surface area contributed by atoms with Crippen LogP contribution in [0.5, 0.6) is 0 Å². The number of carbonyl (C=O) groups excluding carboxylic acids is 1.